The van der Waals surface area contributed by atoms with Gasteiger partial charge in [0.2, 0.25) is 0 Å². The van der Waals surface area contributed by atoms with E-state index in [-0.39, 0.29) is 64.6 Å². The summed E-state index contributed by atoms with van der Waals surface area (Å²) in [4.78, 5) is 53.6. The summed E-state index contributed by atoms with van der Waals surface area (Å²) in [5.41, 5.74) is 0. The predicted molar refractivity (Wildman–Crippen MR) is 64.8 cm³/mol. The van der Waals surface area contributed by atoms with Crippen LogP contribution in [0, 0.1) is 0 Å². The van der Waals surface area contributed by atoms with E-state index in [1.165, 1.54) is 0 Å². The fourth-order valence-electron chi connectivity index (χ4n) is 0. The average Bonchev–Trinajstić information content (AvgIpc) is 2.38. The van der Waals surface area contributed by atoms with Gasteiger partial charge < -0.3 is 69.6 Å². The Morgan fingerprint density at radius 1 is 0.464 bits per heavy atom. The normalized spacial score (nSPS) is 7.29. The van der Waals surface area contributed by atoms with E-state index >= 15 is 0 Å². The summed E-state index contributed by atoms with van der Waals surface area (Å²) in [7, 11) is 0. The van der Waals surface area contributed by atoms with Crippen LogP contribution < -0.4 is 30.6 Å². The number of rotatable bonds is 0. The molecule has 0 spiro atoms. The number of carbonyl (C=O) groups is 6. The van der Waals surface area contributed by atoms with Gasteiger partial charge in [0, 0.05) is 12.2 Å². The van der Waals surface area contributed by atoms with Crippen LogP contribution in [0.5, 0.6) is 0 Å². The van der Waals surface area contributed by atoms with Crippen molar-refractivity contribution in [3.05, 3.63) is 0 Å². The maximum absolute atomic E-state index is 8.93. The third kappa shape index (κ3) is 123. The third-order valence-electron chi connectivity index (χ3n) is 0.500. The number of aliphatic hydroxyl groups excluding tert-OH is 2. The minimum Gasteiger partial charge on any atom is -0.543 e. The summed E-state index contributed by atoms with van der Waals surface area (Å²) >= 11 is 0. The van der Waals surface area contributed by atoms with E-state index in [2.05, 4.69) is 0 Å². The molecular formula is C12H16O14Zr2. The zero-order valence-electron chi connectivity index (χ0n) is 14.9. The molecule has 0 aromatic rings. The molecule has 0 rings (SSSR count). The maximum Gasteiger partial charge on any atom is 3.00 e. The first-order chi connectivity index (χ1) is 11.4. The summed E-state index contributed by atoms with van der Waals surface area (Å²) < 4.78 is 0. The molecule has 0 aromatic heterocycles. The van der Waals surface area contributed by atoms with Crippen LogP contribution in [0.4, 0.5) is 0 Å². The van der Waals surface area contributed by atoms with E-state index in [0.717, 1.165) is 0 Å². The van der Waals surface area contributed by atoms with Gasteiger partial charge in [0.05, 0.1) is 35.8 Å². The fraction of sp³-hybridized carbons (Fsp3) is 0.500. The second-order valence-corrected chi connectivity index (χ2v) is 3.91. The van der Waals surface area contributed by atoms with E-state index in [1.807, 2.05) is 0 Å². The molecule has 2 radical (unpaired) electrons. The van der Waals surface area contributed by atoms with E-state index in [4.69, 9.17) is 69.6 Å². The second-order valence-electron chi connectivity index (χ2n) is 3.91. The molecule has 0 saturated heterocycles. The van der Waals surface area contributed by atoms with Crippen molar-refractivity contribution in [3.63, 3.8) is 0 Å². The molecule has 0 aliphatic rings. The van der Waals surface area contributed by atoms with Crippen molar-refractivity contribution < 1.29 is 122 Å². The fourth-order valence-corrected chi connectivity index (χ4v) is 0. The molecule has 2 N–H and O–H groups in total. The van der Waals surface area contributed by atoms with Gasteiger partial charge in [-0.2, -0.15) is 0 Å². The van der Waals surface area contributed by atoms with Gasteiger partial charge >= 0.3 is 52.4 Å². The van der Waals surface area contributed by atoms with Gasteiger partial charge in [-0.3, -0.25) is 0 Å². The summed E-state index contributed by atoms with van der Waals surface area (Å²) in [6, 6.07) is 0. The topological polar surface area (TPSA) is 281 Å². The first-order valence-electron chi connectivity index (χ1n) is 6.03. The molecular weight excluding hydrogens is 551 g/mol. The van der Waals surface area contributed by atoms with Crippen molar-refractivity contribution in [2.24, 2.45) is 0 Å². The van der Waals surface area contributed by atoms with Crippen LogP contribution in [-0.2, 0) is 81.2 Å². The molecule has 0 fully saturated rings. The average molecular weight is 567 g/mol. The van der Waals surface area contributed by atoms with Gasteiger partial charge in [0.15, 0.2) is 0 Å². The number of hydrogen-bond donors (Lipinski definition) is 2. The molecule has 0 aromatic carbocycles. The number of aliphatic hydroxyl groups is 2. The van der Waals surface area contributed by atoms with Gasteiger partial charge in [0.25, 0.3) is 0 Å². The molecule has 16 heteroatoms. The Labute approximate surface area is 197 Å². The van der Waals surface area contributed by atoms with Crippen LogP contribution >= 0.6 is 0 Å². The number of carboxylic acid groups (broad SMARTS) is 6. The van der Waals surface area contributed by atoms with Crippen molar-refractivity contribution in [1.82, 2.24) is 0 Å². The number of aliphatic carboxylic acids is 6. The molecule has 0 aliphatic heterocycles. The van der Waals surface area contributed by atoms with Crippen molar-refractivity contribution >= 4 is 35.8 Å². The molecule has 0 amide bonds. The largest absolute Gasteiger partial charge is 3.00 e. The summed E-state index contributed by atoms with van der Waals surface area (Å²) in [5.74, 6) is -13.1. The van der Waals surface area contributed by atoms with Crippen molar-refractivity contribution in [2.75, 3.05) is 0 Å². The van der Waals surface area contributed by atoms with E-state index in [0.29, 0.717) is 0 Å². The van der Waals surface area contributed by atoms with Gasteiger partial charge in [0.1, 0.15) is 0 Å². The van der Waals surface area contributed by atoms with Crippen molar-refractivity contribution in [1.29, 1.82) is 0 Å². The second kappa shape index (κ2) is 30.2. The van der Waals surface area contributed by atoms with Crippen molar-refractivity contribution in [2.45, 2.75) is 39.9 Å². The molecule has 0 aliphatic carbocycles. The Morgan fingerprint density at radius 2 is 0.500 bits per heavy atom. The molecule has 0 unspecified atom stereocenters. The monoisotopic (exact) mass is 564 g/mol. The minimum absolute atomic E-state index is 0. The van der Waals surface area contributed by atoms with Crippen LogP contribution in [0.25, 0.3) is 0 Å². The van der Waals surface area contributed by atoms with E-state index in [9.17, 15) is 0 Å². The quantitative estimate of drug-likeness (QED) is 0.257. The standard InChI is InChI=1S/2C3H8O.3C2H2O4.2Zr/c2*1-3(2)4;3*3-1(4)2(5)6;;/h2*3-4H,1-2H3;3*(H,3,4)(H,5,6);;/q;;;;;2*+3/p-6. The van der Waals surface area contributed by atoms with Crippen LogP contribution in [0.15, 0.2) is 0 Å². The molecule has 14 nitrogen and oxygen atoms in total. The van der Waals surface area contributed by atoms with Gasteiger partial charge in [-0.05, 0) is 27.7 Å². The molecule has 28 heavy (non-hydrogen) atoms. The minimum atomic E-state index is -2.19. The zero-order valence-corrected chi connectivity index (χ0v) is 19.9. The molecule has 0 saturated carbocycles. The number of carboxylic acids is 6. The maximum atomic E-state index is 8.93. The first-order valence-corrected chi connectivity index (χ1v) is 6.03. The van der Waals surface area contributed by atoms with Gasteiger partial charge in [-0.15, -0.1) is 0 Å². The predicted octanol–water partition coefficient (Wildman–Crippen LogP) is -9.77. The molecule has 0 bridgehead atoms. The number of carbonyl (C=O) groups excluding carboxylic acids is 6. The van der Waals surface area contributed by atoms with Gasteiger partial charge in [-0.1, -0.05) is 0 Å². The Bertz CT molecular complexity index is 357. The SMILES string of the molecule is CC(C)O.CC(C)O.O=C([O-])C(=O)[O-].O=C([O-])C(=O)[O-].O=C([O-])C(=O)[O-].[Zr+3].[Zr+3]. The van der Waals surface area contributed by atoms with Crippen LogP contribution in [0.2, 0.25) is 0 Å². The van der Waals surface area contributed by atoms with Crippen molar-refractivity contribution in [3.8, 4) is 0 Å². The Balaban J connectivity index is -0.0000000391. The summed E-state index contributed by atoms with van der Waals surface area (Å²) in [5, 5.41) is 69.7. The Hall–Kier alpha value is -1.49. The van der Waals surface area contributed by atoms with E-state index < -0.39 is 35.8 Å². The third-order valence-corrected chi connectivity index (χ3v) is 0.500. The zero-order chi connectivity index (χ0) is 22.6. The van der Waals surface area contributed by atoms with Crippen LogP contribution in [-0.4, -0.2) is 58.2 Å². The summed E-state index contributed by atoms with van der Waals surface area (Å²) in [6.45, 7) is 6.89. The first kappa shape index (κ1) is 45.3. The van der Waals surface area contributed by atoms with E-state index in [1.54, 1.807) is 27.7 Å². The van der Waals surface area contributed by atoms with Crippen LogP contribution in [0.1, 0.15) is 27.7 Å². The van der Waals surface area contributed by atoms with Gasteiger partial charge in [-0.25, -0.2) is 0 Å². The molecule has 0 atom stereocenters. The Kier molecular flexibility index (Phi) is 48.9. The smallest absolute Gasteiger partial charge is 0.543 e. The Morgan fingerprint density at radius 3 is 0.500 bits per heavy atom. The summed E-state index contributed by atoms with van der Waals surface area (Å²) in [6.07, 6.45) is -0.333. The molecule has 0 heterocycles. The number of hydrogen-bond acceptors (Lipinski definition) is 14. The molecule has 156 valence electrons. The van der Waals surface area contributed by atoms with Crippen LogP contribution in [0.3, 0.4) is 0 Å².